The number of hydrogen-bond acceptors (Lipinski definition) is 3. The summed E-state index contributed by atoms with van der Waals surface area (Å²) in [7, 11) is 0. The monoisotopic (exact) mass is 321 g/mol. The van der Waals surface area contributed by atoms with Crippen LogP contribution in [0.2, 0.25) is 0 Å². The summed E-state index contributed by atoms with van der Waals surface area (Å²) >= 11 is 5.17. The maximum absolute atomic E-state index is 5.87. The number of benzene rings is 2. The fraction of sp³-hybridized carbons (Fsp3) is 0.118. The third-order valence-electron chi connectivity index (χ3n) is 3.97. The summed E-state index contributed by atoms with van der Waals surface area (Å²) in [5, 5.41) is 6.54. The molecule has 0 saturated heterocycles. The molecular formula is C17H15N5S. The summed E-state index contributed by atoms with van der Waals surface area (Å²) in [6.07, 6.45) is 0.709. The van der Waals surface area contributed by atoms with Crippen LogP contribution in [0.25, 0.3) is 11.0 Å². The molecule has 0 radical (unpaired) electrons. The molecule has 3 N–H and O–H groups in total. The Morgan fingerprint density at radius 1 is 1.13 bits per heavy atom. The first-order chi connectivity index (χ1) is 11.2. The van der Waals surface area contributed by atoms with Crippen molar-refractivity contribution in [2.24, 2.45) is 10.8 Å². The molecule has 114 valence electrons. The first-order valence-corrected chi connectivity index (χ1v) is 7.79. The number of hydrogen-bond donors (Lipinski definition) is 2. The predicted molar refractivity (Wildman–Crippen MR) is 95.1 cm³/mol. The number of hydrazone groups is 1. The molecule has 5 nitrogen and oxygen atoms in total. The number of thiocarbonyl (C=S) groups is 1. The largest absolute Gasteiger partial charge is 0.375 e. The van der Waals surface area contributed by atoms with E-state index in [1.54, 1.807) is 5.01 Å². The van der Waals surface area contributed by atoms with Gasteiger partial charge in [0.25, 0.3) is 0 Å². The molecule has 2 heterocycles. The van der Waals surface area contributed by atoms with E-state index in [0.717, 1.165) is 28.1 Å². The first kappa shape index (κ1) is 13.9. The Balaban J connectivity index is 1.72. The van der Waals surface area contributed by atoms with Gasteiger partial charge in [0.05, 0.1) is 16.7 Å². The fourth-order valence-corrected chi connectivity index (χ4v) is 3.03. The standard InChI is InChI=1S/C17H15N5S/c18-17(23)22-15(10-14(21-22)11-6-2-1-3-7-11)16-19-12-8-4-5-9-13(12)20-16/h1-9,15H,10H2,(H2,18,23)(H,19,20). The SMILES string of the molecule is NC(=S)N1N=C(c2ccccc2)CC1c1nc2ccccc2[nH]1. The van der Waals surface area contributed by atoms with Crippen LogP contribution in [0, 0.1) is 0 Å². The number of nitrogens with zero attached hydrogens (tertiary/aromatic N) is 3. The smallest absolute Gasteiger partial charge is 0.187 e. The van der Waals surface area contributed by atoms with E-state index in [0.29, 0.717) is 6.42 Å². The molecule has 0 fully saturated rings. The van der Waals surface area contributed by atoms with E-state index in [1.807, 2.05) is 54.6 Å². The van der Waals surface area contributed by atoms with Crippen LogP contribution in [-0.4, -0.2) is 25.8 Å². The Hall–Kier alpha value is -2.73. The molecule has 1 aliphatic heterocycles. The van der Waals surface area contributed by atoms with Crippen LogP contribution in [0.1, 0.15) is 23.9 Å². The fourth-order valence-electron chi connectivity index (χ4n) is 2.86. The summed E-state index contributed by atoms with van der Waals surface area (Å²) in [5.41, 5.74) is 9.83. The number of nitrogens with one attached hydrogen (secondary N) is 1. The molecule has 1 aliphatic rings. The molecular weight excluding hydrogens is 306 g/mol. The average Bonchev–Trinajstić information content (AvgIpc) is 3.19. The van der Waals surface area contributed by atoms with Crippen LogP contribution in [0.4, 0.5) is 0 Å². The lowest BCUT2D eigenvalue weighted by Crippen LogP contribution is -2.32. The highest BCUT2D eigenvalue weighted by Gasteiger charge is 2.32. The Morgan fingerprint density at radius 2 is 1.87 bits per heavy atom. The molecule has 4 rings (SSSR count). The number of H-pyrrole nitrogens is 1. The zero-order valence-electron chi connectivity index (χ0n) is 12.3. The molecule has 3 aromatic rings. The van der Waals surface area contributed by atoms with Crippen molar-refractivity contribution in [2.45, 2.75) is 12.5 Å². The number of para-hydroxylation sites is 2. The van der Waals surface area contributed by atoms with Crippen LogP contribution in [0.15, 0.2) is 59.7 Å². The topological polar surface area (TPSA) is 70.3 Å². The third-order valence-corrected chi connectivity index (χ3v) is 4.15. The number of fused-ring (bicyclic) bond motifs is 1. The van der Waals surface area contributed by atoms with Gasteiger partial charge in [-0.15, -0.1) is 0 Å². The highest BCUT2D eigenvalue weighted by Crippen LogP contribution is 2.31. The van der Waals surface area contributed by atoms with Gasteiger partial charge in [0.1, 0.15) is 11.9 Å². The van der Waals surface area contributed by atoms with Crippen molar-refractivity contribution in [3.8, 4) is 0 Å². The van der Waals surface area contributed by atoms with Crippen LogP contribution >= 0.6 is 12.2 Å². The number of aromatic amines is 1. The number of nitrogens with two attached hydrogens (primary N) is 1. The third kappa shape index (κ3) is 2.47. The zero-order chi connectivity index (χ0) is 15.8. The average molecular weight is 321 g/mol. The molecule has 0 saturated carbocycles. The van der Waals surface area contributed by atoms with Crippen molar-refractivity contribution >= 4 is 34.1 Å². The Morgan fingerprint density at radius 3 is 2.61 bits per heavy atom. The molecule has 1 atom stereocenters. The number of aromatic nitrogens is 2. The van der Waals surface area contributed by atoms with Crippen molar-refractivity contribution in [2.75, 3.05) is 0 Å². The van der Waals surface area contributed by atoms with E-state index in [1.165, 1.54) is 0 Å². The highest BCUT2D eigenvalue weighted by molar-refractivity contribution is 7.80. The van der Waals surface area contributed by atoms with Gasteiger partial charge in [-0.3, -0.25) is 0 Å². The molecule has 6 heteroatoms. The summed E-state index contributed by atoms with van der Waals surface area (Å²) in [6.45, 7) is 0. The van der Waals surface area contributed by atoms with Crippen LogP contribution < -0.4 is 5.73 Å². The lowest BCUT2D eigenvalue weighted by Gasteiger charge is -2.19. The van der Waals surface area contributed by atoms with Gasteiger partial charge in [-0.25, -0.2) is 9.99 Å². The molecule has 1 aromatic heterocycles. The second kappa shape index (κ2) is 5.48. The van der Waals surface area contributed by atoms with Gasteiger partial charge in [0, 0.05) is 6.42 Å². The maximum atomic E-state index is 5.87. The summed E-state index contributed by atoms with van der Waals surface area (Å²) in [6, 6.07) is 17.9. The molecule has 0 spiro atoms. The minimum atomic E-state index is -0.102. The van der Waals surface area contributed by atoms with Crippen LogP contribution in [0.5, 0.6) is 0 Å². The second-order valence-corrected chi connectivity index (χ2v) is 5.87. The van der Waals surface area contributed by atoms with Gasteiger partial charge >= 0.3 is 0 Å². The first-order valence-electron chi connectivity index (χ1n) is 7.38. The molecule has 1 unspecified atom stereocenters. The van der Waals surface area contributed by atoms with E-state index in [2.05, 4.69) is 15.1 Å². The van der Waals surface area contributed by atoms with Gasteiger partial charge in [-0.05, 0) is 29.9 Å². The molecule has 0 bridgehead atoms. The van der Waals surface area contributed by atoms with Gasteiger partial charge < -0.3 is 10.7 Å². The normalized spacial score (nSPS) is 17.5. The Bertz CT molecular complexity index is 867. The van der Waals surface area contributed by atoms with Gasteiger partial charge in [0.15, 0.2) is 5.11 Å². The lowest BCUT2D eigenvalue weighted by atomic mass is 10.0. The Kier molecular flexibility index (Phi) is 3.31. The van der Waals surface area contributed by atoms with Crippen molar-refractivity contribution in [1.82, 2.24) is 15.0 Å². The van der Waals surface area contributed by atoms with E-state index in [4.69, 9.17) is 18.0 Å². The summed E-state index contributed by atoms with van der Waals surface area (Å²) < 4.78 is 0. The minimum absolute atomic E-state index is 0.102. The molecule has 0 aliphatic carbocycles. The minimum Gasteiger partial charge on any atom is -0.375 e. The van der Waals surface area contributed by atoms with Crippen LogP contribution in [0.3, 0.4) is 0 Å². The molecule has 0 amide bonds. The predicted octanol–water partition coefficient (Wildman–Crippen LogP) is 2.96. The summed E-state index contributed by atoms with van der Waals surface area (Å²) in [5.74, 6) is 0.827. The van der Waals surface area contributed by atoms with E-state index < -0.39 is 0 Å². The second-order valence-electron chi connectivity index (χ2n) is 5.45. The van der Waals surface area contributed by atoms with E-state index in [-0.39, 0.29) is 11.2 Å². The molecule has 23 heavy (non-hydrogen) atoms. The highest BCUT2D eigenvalue weighted by atomic mass is 32.1. The van der Waals surface area contributed by atoms with Crippen molar-refractivity contribution in [1.29, 1.82) is 0 Å². The Labute approximate surface area is 138 Å². The zero-order valence-corrected chi connectivity index (χ0v) is 13.1. The van der Waals surface area contributed by atoms with Crippen molar-refractivity contribution in [3.05, 3.63) is 66.0 Å². The number of imidazole rings is 1. The summed E-state index contributed by atoms with van der Waals surface area (Å²) in [4.78, 5) is 8.02. The number of rotatable bonds is 2. The van der Waals surface area contributed by atoms with E-state index in [9.17, 15) is 0 Å². The van der Waals surface area contributed by atoms with Crippen molar-refractivity contribution in [3.63, 3.8) is 0 Å². The van der Waals surface area contributed by atoms with Crippen molar-refractivity contribution < 1.29 is 0 Å². The van der Waals surface area contributed by atoms with Gasteiger partial charge in [-0.2, -0.15) is 5.10 Å². The van der Waals surface area contributed by atoms with Crippen LogP contribution in [-0.2, 0) is 0 Å². The molecule has 2 aromatic carbocycles. The van der Waals surface area contributed by atoms with Gasteiger partial charge in [-0.1, -0.05) is 42.5 Å². The van der Waals surface area contributed by atoms with Gasteiger partial charge in [0.2, 0.25) is 0 Å². The van der Waals surface area contributed by atoms with E-state index >= 15 is 0 Å². The quantitative estimate of drug-likeness (QED) is 0.712. The lowest BCUT2D eigenvalue weighted by molar-refractivity contribution is 0.360. The maximum Gasteiger partial charge on any atom is 0.187 e.